The molecule has 6 nitrogen and oxygen atoms in total. The number of amides is 1. The number of aryl methyl sites for hydroxylation is 1. The molecule has 0 radical (unpaired) electrons. The first-order valence-corrected chi connectivity index (χ1v) is 8.97. The Bertz CT molecular complexity index is 891. The van der Waals surface area contributed by atoms with Gasteiger partial charge in [0.1, 0.15) is 24.1 Å². The average molecular weight is 412 g/mol. The minimum Gasteiger partial charge on any atom is -0.406 e. The molecule has 156 valence electrons. The second-order valence-electron chi connectivity index (χ2n) is 6.85. The molecule has 0 spiro atoms. The van der Waals surface area contributed by atoms with Gasteiger partial charge in [-0.3, -0.25) is 4.79 Å². The van der Waals surface area contributed by atoms with Crippen molar-refractivity contribution in [2.45, 2.75) is 38.8 Å². The molecule has 1 aromatic heterocycles. The number of hydrogen-bond donors (Lipinski definition) is 1. The number of anilines is 1. The third-order valence-electron chi connectivity index (χ3n) is 4.60. The molecule has 0 unspecified atom stereocenters. The monoisotopic (exact) mass is 412 g/mol. The lowest BCUT2D eigenvalue weighted by atomic mass is 10.0. The number of benzene rings is 1. The molecule has 0 saturated carbocycles. The Balaban J connectivity index is 1.77. The van der Waals surface area contributed by atoms with Gasteiger partial charge in [-0.15, -0.1) is 13.2 Å². The highest BCUT2D eigenvalue weighted by molar-refractivity contribution is 5.73. The number of rotatable bonds is 4. The highest BCUT2D eigenvalue weighted by Crippen LogP contribution is 2.30. The van der Waals surface area contributed by atoms with Gasteiger partial charge in [0.25, 0.3) is 0 Å². The zero-order chi connectivity index (χ0) is 21.2. The lowest BCUT2D eigenvalue weighted by molar-refractivity contribution is -0.274. The van der Waals surface area contributed by atoms with Crippen LogP contribution in [0.3, 0.4) is 0 Å². The summed E-state index contributed by atoms with van der Waals surface area (Å²) in [6, 6.07) is 5.37. The van der Waals surface area contributed by atoms with Gasteiger partial charge >= 0.3 is 6.36 Å². The summed E-state index contributed by atoms with van der Waals surface area (Å²) in [6.07, 6.45) is -4.25. The summed E-state index contributed by atoms with van der Waals surface area (Å²) in [5.74, 6) is -0.0493. The molecule has 0 aliphatic carbocycles. The minimum absolute atomic E-state index is 0.0682. The summed E-state index contributed by atoms with van der Waals surface area (Å²) in [5.41, 5.74) is 1.39. The maximum atomic E-state index is 14.4. The van der Waals surface area contributed by atoms with Crippen molar-refractivity contribution in [2.24, 2.45) is 0 Å². The molecule has 0 bridgehead atoms. The Hall–Kier alpha value is -2.91. The first-order valence-electron chi connectivity index (χ1n) is 8.97. The van der Waals surface area contributed by atoms with Crippen LogP contribution in [0, 0.1) is 6.92 Å². The molecule has 1 N–H and O–H groups in total. The van der Waals surface area contributed by atoms with Gasteiger partial charge in [-0.1, -0.05) is 0 Å². The van der Waals surface area contributed by atoms with Crippen LogP contribution in [0.4, 0.5) is 23.4 Å². The van der Waals surface area contributed by atoms with E-state index in [1.807, 2.05) is 0 Å². The number of piperidine rings is 1. The summed E-state index contributed by atoms with van der Waals surface area (Å²) < 4.78 is 55.7. The number of carbonyl (C=O) groups is 1. The third-order valence-corrected chi connectivity index (χ3v) is 4.60. The summed E-state index contributed by atoms with van der Waals surface area (Å²) in [6.45, 7) is 3.42. The molecule has 1 saturated heterocycles. The Labute approximate surface area is 164 Å². The van der Waals surface area contributed by atoms with E-state index in [-0.39, 0.29) is 18.2 Å². The van der Waals surface area contributed by atoms with Crippen molar-refractivity contribution in [3.05, 3.63) is 36.2 Å². The van der Waals surface area contributed by atoms with Gasteiger partial charge in [-0.2, -0.15) is 0 Å². The van der Waals surface area contributed by atoms with E-state index >= 15 is 0 Å². The van der Waals surface area contributed by atoms with Gasteiger partial charge < -0.3 is 15.0 Å². The molecule has 1 fully saturated rings. The maximum absolute atomic E-state index is 14.4. The lowest BCUT2D eigenvalue weighted by Gasteiger charge is -2.35. The van der Waals surface area contributed by atoms with E-state index in [1.165, 1.54) is 38.4 Å². The van der Waals surface area contributed by atoms with Crippen molar-refractivity contribution >= 4 is 11.7 Å². The van der Waals surface area contributed by atoms with E-state index in [9.17, 15) is 22.4 Å². The number of ether oxygens (including phenoxy) is 1. The molecular weight excluding hydrogens is 392 g/mol. The first kappa shape index (κ1) is 20.8. The van der Waals surface area contributed by atoms with Crippen LogP contribution < -0.4 is 15.0 Å². The van der Waals surface area contributed by atoms with Gasteiger partial charge in [0.15, 0.2) is 0 Å². The summed E-state index contributed by atoms with van der Waals surface area (Å²) >= 11 is 0. The van der Waals surface area contributed by atoms with Crippen LogP contribution in [0.2, 0.25) is 0 Å². The number of alkyl halides is 4. The fraction of sp³-hybridized carbons (Fsp3) is 0.421. The van der Waals surface area contributed by atoms with E-state index in [4.69, 9.17) is 0 Å². The molecule has 1 aliphatic heterocycles. The number of carbonyl (C=O) groups excluding carboxylic acids is 1. The van der Waals surface area contributed by atoms with E-state index in [0.29, 0.717) is 35.6 Å². The summed E-state index contributed by atoms with van der Waals surface area (Å²) in [7, 11) is 0. The highest BCUT2D eigenvalue weighted by atomic mass is 19.4. The molecular formula is C19H20F4N4O2. The zero-order valence-electron chi connectivity index (χ0n) is 15.8. The van der Waals surface area contributed by atoms with E-state index < -0.39 is 18.6 Å². The van der Waals surface area contributed by atoms with Gasteiger partial charge in [-0.05, 0) is 37.1 Å². The smallest absolute Gasteiger partial charge is 0.406 e. The third kappa shape index (κ3) is 5.33. The van der Waals surface area contributed by atoms with Crippen LogP contribution in [0.15, 0.2) is 30.6 Å². The quantitative estimate of drug-likeness (QED) is 0.780. The number of nitrogens with zero attached hydrogens (tertiary/aromatic N) is 3. The van der Waals surface area contributed by atoms with Crippen LogP contribution in [-0.2, 0) is 4.79 Å². The molecule has 29 heavy (non-hydrogen) atoms. The van der Waals surface area contributed by atoms with Crippen LogP contribution in [0.5, 0.6) is 5.75 Å². The van der Waals surface area contributed by atoms with Gasteiger partial charge in [-0.25, -0.2) is 14.4 Å². The second kappa shape index (κ2) is 8.22. The zero-order valence-corrected chi connectivity index (χ0v) is 15.8. The van der Waals surface area contributed by atoms with Crippen LogP contribution >= 0.6 is 0 Å². The van der Waals surface area contributed by atoms with Crippen molar-refractivity contribution in [3.63, 3.8) is 0 Å². The number of hydrogen-bond acceptors (Lipinski definition) is 5. The number of nitrogens with one attached hydrogen (secondary N) is 1. The first-order chi connectivity index (χ1) is 13.6. The van der Waals surface area contributed by atoms with Crippen LogP contribution in [-0.4, -0.2) is 47.5 Å². The second-order valence-corrected chi connectivity index (χ2v) is 6.85. The Morgan fingerprint density at radius 2 is 2.03 bits per heavy atom. The highest BCUT2D eigenvalue weighted by Gasteiger charge is 2.32. The molecule has 3 rings (SSSR count). The molecule has 2 heterocycles. The predicted molar refractivity (Wildman–Crippen MR) is 98.2 cm³/mol. The molecule has 2 aromatic rings. The average Bonchev–Trinajstić information content (AvgIpc) is 2.64. The SMILES string of the molecule is CC(=O)N[C@H]1CCN(c2cc(-c3ccc(OC(F)(F)F)c(C)c3)ncn2)C[C@@H]1F. The maximum Gasteiger partial charge on any atom is 0.573 e. The molecule has 2 atom stereocenters. The molecule has 1 aromatic carbocycles. The Morgan fingerprint density at radius 1 is 1.28 bits per heavy atom. The van der Waals surface area contributed by atoms with Gasteiger partial charge in [0.2, 0.25) is 5.91 Å². The van der Waals surface area contributed by atoms with Crippen molar-refractivity contribution in [3.8, 4) is 17.0 Å². The summed E-state index contributed by atoms with van der Waals surface area (Å²) in [5, 5.41) is 2.60. The van der Waals surface area contributed by atoms with Crippen molar-refractivity contribution in [1.82, 2.24) is 15.3 Å². The largest absolute Gasteiger partial charge is 0.573 e. The Kier molecular flexibility index (Phi) is 5.90. The topological polar surface area (TPSA) is 67.4 Å². The number of halogens is 4. The molecule has 1 aliphatic rings. The van der Waals surface area contributed by atoms with Crippen molar-refractivity contribution < 1.29 is 27.1 Å². The number of aromatic nitrogens is 2. The van der Waals surface area contributed by atoms with Gasteiger partial charge in [0, 0.05) is 25.1 Å². The fourth-order valence-electron chi connectivity index (χ4n) is 3.26. The lowest BCUT2D eigenvalue weighted by Crippen LogP contribution is -2.52. The standard InChI is InChI=1S/C19H20F4N4O2/c1-11-7-13(3-4-17(11)29-19(21,22)23)16-8-18(25-10-24-16)27-6-5-15(14(20)9-27)26-12(2)28/h3-4,7-8,10,14-15H,5-6,9H2,1-2H3,(H,26,28)/t14-,15-/m0/s1. The fourth-order valence-corrected chi connectivity index (χ4v) is 3.26. The molecule has 10 heteroatoms. The normalized spacial score (nSPS) is 19.7. The van der Waals surface area contributed by atoms with E-state index in [0.717, 1.165) is 0 Å². The van der Waals surface area contributed by atoms with E-state index in [2.05, 4.69) is 20.0 Å². The summed E-state index contributed by atoms with van der Waals surface area (Å²) in [4.78, 5) is 21.3. The van der Waals surface area contributed by atoms with Crippen LogP contribution in [0.25, 0.3) is 11.3 Å². The van der Waals surface area contributed by atoms with E-state index in [1.54, 1.807) is 11.0 Å². The van der Waals surface area contributed by atoms with Crippen molar-refractivity contribution in [1.29, 1.82) is 0 Å². The van der Waals surface area contributed by atoms with Crippen molar-refractivity contribution in [2.75, 3.05) is 18.0 Å². The predicted octanol–water partition coefficient (Wildman–Crippen LogP) is 3.40. The van der Waals surface area contributed by atoms with Crippen LogP contribution in [0.1, 0.15) is 18.9 Å². The van der Waals surface area contributed by atoms with Gasteiger partial charge in [0.05, 0.1) is 18.3 Å². The Morgan fingerprint density at radius 3 is 2.66 bits per heavy atom. The minimum atomic E-state index is -4.76. The molecule has 1 amide bonds.